The number of halogens is 1. The van der Waals surface area contributed by atoms with Gasteiger partial charge < -0.3 is 5.32 Å². The van der Waals surface area contributed by atoms with E-state index in [-0.39, 0.29) is 5.91 Å². The number of anilines is 1. The molecule has 0 fully saturated rings. The van der Waals surface area contributed by atoms with E-state index in [1.54, 1.807) is 23.9 Å². The highest BCUT2D eigenvalue weighted by Gasteiger charge is 2.12. The van der Waals surface area contributed by atoms with Crippen LogP contribution in [-0.2, 0) is 4.79 Å². The molecule has 4 heteroatoms. The summed E-state index contributed by atoms with van der Waals surface area (Å²) in [5.74, 6) is 0.326. The van der Waals surface area contributed by atoms with E-state index < -0.39 is 0 Å². The lowest BCUT2D eigenvalue weighted by atomic mass is 10.0. The Morgan fingerprint density at radius 1 is 1.09 bits per heavy atom. The third-order valence-electron chi connectivity index (χ3n) is 3.79. The third kappa shape index (κ3) is 3.84. The van der Waals surface area contributed by atoms with Crippen LogP contribution in [0, 0.1) is 27.7 Å². The van der Waals surface area contributed by atoms with Gasteiger partial charge in [-0.2, -0.15) is 0 Å². The number of carbonyl (C=O) groups excluding carboxylic acids is 1. The average molecular weight is 334 g/mol. The summed E-state index contributed by atoms with van der Waals surface area (Å²) in [6.07, 6.45) is 0. The summed E-state index contributed by atoms with van der Waals surface area (Å²) in [7, 11) is 0. The fraction of sp³-hybridized carbons (Fsp3) is 0.278. The summed E-state index contributed by atoms with van der Waals surface area (Å²) in [6, 6.07) is 9.46. The van der Waals surface area contributed by atoms with Gasteiger partial charge >= 0.3 is 0 Å². The molecule has 0 spiro atoms. The molecule has 2 rings (SSSR count). The van der Waals surface area contributed by atoms with Crippen molar-refractivity contribution in [3.63, 3.8) is 0 Å². The van der Waals surface area contributed by atoms with Crippen molar-refractivity contribution in [2.45, 2.75) is 32.6 Å². The zero-order valence-corrected chi connectivity index (χ0v) is 14.9. The molecule has 0 bridgehead atoms. The molecule has 0 aliphatic heterocycles. The van der Waals surface area contributed by atoms with E-state index in [1.807, 2.05) is 12.1 Å². The second kappa shape index (κ2) is 7.21. The van der Waals surface area contributed by atoms with Gasteiger partial charge in [-0.25, -0.2) is 0 Å². The van der Waals surface area contributed by atoms with Gasteiger partial charge in [-0.05, 0) is 62.1 Å². The van der Waals surface area contributed by atoms with E-state index in [9.17, 15) is 4.79 Å². The highest BCUT2D eigenvalue weighted by molar-refractivity contribution is 8.00. The SMILES string of the molecule is Cc1cc(C)c(C)c(SCC(=O)Nc2ccccc2Cl)c1C. The van der Waals surface area contributed by atoms with Crippen LogP contribution in [0.5, 0.6) is 0 Å². The summed E-state index contributed by atoms with van der Waals surface area (Å²) in [6.45, 7) is 8.43. The molecule has 0 saturated carbocycles. The number of amides is 1. The fourth-order valence-electron chi connectivity index (χ4n) is 2.28. The second-order valence-corrected chi connectivity index (χ2v) is 6.80. The highest BCUT2D eigenvalue weighted by atomic mass is 35.5. The van der Waals surface area contributed by atoms with Gasteiger partial charge in [-0.15, -0.1) is 11.8 Å². The van der Waals surface area contributed by atoms with Crippen molar-refractivity contribution < 1.29 is 4.79 Å². The van der Waals surface area contributed by atoms with Crippen LogP contribution in [0.2, 0.25) is 5.02 Å². The molecular formula is C18H20ClNOS. The topological polar surface area (TPSA) is 29.1 Å². The molecule has 22 heavy (non-hydrogen) atoms. The van der Waals surface area contributed by atoms with Gasteiger partial charge in [0.1, 0.15) is 0 Å². The predicted molar refractivity (Wildman–Crippen MR) is 96.2 cm³/mol. The Kier molecular flexibility index (Phi) is 5.54. The van der Waals surface area contributed by atoms with Crippen molar-refractivity contribution in [1.82, 2.24) is 0 Å². The Bertz CT molecular complexity index is 686. The summed E-state index contributed by atoms with van der Waals surface area (Å²) < 4.78 is 0. The number of carbonyl (C=O) groups is 1. The molecule has 2 aromatic carbocycles. The molecule has 0 aromatic heterocycles. The first kappa shape index (κ1) is 16.9. The van der Waals surface area contributed by atoms with Gasteiger partial charge in [0.25, 0.3) is 0 Å². The maximum atomic E-state index is 12.1. The summed E-state index contributed by atoms with van der Waals surface area (Å²) in [4.78, 5) is 13.3. The number of nitrogens with one attached hydrogen (secondary N) is 1. The van der Waals surface area contributed by atoms with Crippen molar-refractivity contribution in [2.75, 3.05) is 11.1 Å². The quantitative estimate of drug-likeness (QED) is 0.769. The van der Waals surface area contributed by atoms with Gasteiger partial charge in [0.05, 0.1) is 16.5 Å². The Balaban J connectivity index is 2.08. The molecule has 0 unspecified atom stereocenters. The van der Waals surface area contributed by atoms with E-state index in [1.165, 1.54) is 27.1 Å². The monoisotopic (exact) mass is 333 g/mol. The lowest BCUT2D eigenvalue weighted by Gasteiger charge is -2.14. The summed E-state index contributed by atoms with van der Waals surface area (Å²) in [5, 5.41) is 3.41. The molecule has 0 atom stereocenters. The first-order valence-corrected chi connectivity index (χ1v) is 8.51. The molecule has 0 saturated heterocycles. The predicted octanol–water partition coefficient (Wildman–Crippen LogP) is 5.30. The Morgan fingerprint density at radius 3 is 2.27 bits per heavy atom. The van der Waals surface area contributed by atoms with Crippen LogP contribution in [0.25, 0.3) is 0 Å². The number of hydrogen-bond donors (Lipinski definition) is 1. The minimum absolute atomic E-state index is 0.0453. The van der Waals surface area contributed by atoms with Crippen LogP contribution in [0.4, 0.5) is 5.69 Å². The second-order valence-electron chi connectivity index (χ2n) is 5.41. The fourth-order valence-corrected chi connectivity index (χ4v) is 3.57. The Labute approximate surface area is 141 Å². The molecule has 0 heterocycles. The standard InChI is InChI=1S/C18H20ClNOS/c1-11-9-12(2)14(4)18(13(11)3)22-10-17(21)20-16-8-6-5-7-15(16)19/h5-9H,10H2,1-4H3,(H,20,21). The van der Waals surface area contributed by atoms with Crippen molar-refractivity contribution in [3.8, 4) is 0 Å². The van der Waals surface area contributed by atoms with E-state index >= 15 is 0 Å². The lowest BCUT2D eigenvalue weighted by Crippen LogP contribution is -2.14. The lowest BCUT2D eigenvalue weighted by molar-refractivity contribution is -0.113. The first-order valence-electron chi connectivity index (χ1n) is 7.14. The Morgan fingerprint density at radius 2 is 1.68 bits per heavy atom. The van der Waals surface area contributed by atoms with Crippen molar-refractivity contribution in [3.05, 3.63) is 57.6 Å². The van der Waals surface area contributed by atoms with E-state index in [2.05, 4.69) is 39.1 Å². The number of aryl methyl sites for hydroxylation is 2. The minimum atomic E-state index is -0.0453. The molecular weight excluding hydrogens is 314 g/mol. The van der Waals surface area contributed by atoms with Crippen LogP contribution in [0.15, 0.2) is 35.2 Å². The van der Waals surface area contributed by atoms with E-state index in [0.29, 0.717) is 16.5 Å². The van der Waals surface area contributed by atoms with E-state index in [4.69, 9.17) is 11.6 Å². The largest absolute Gasteiger partial charge is 0.324 e. The maximum absolute atomic E-state index is 12.1. The van der Waals surface area contributed by atoms with Gasteiger partial charge in [0.2, 0.25) is 5.91 Å². The number of thioether (sulfide) groups is 1. The molecule has 1 N–H and O–H groups in total. The molecule has 0 radical (unpaired) electrons. The molecule has 2 nitrogen and oxygen atoms in total. The van der Waals surface area contributed by atoms with Crippen LogP contribution in [0.1, 0.15) is 22.3 Å². The van der Waals surface area contributed by atoms with Gasteiger partial charge in [-0.1, -0.05) is 29.8 Å². The van der Waals surface area contributed by atoms with Crippen LogP contribution >= 0.6 is 23.4 Å². The smallest absolute Gasteiger partial charge is 0.234 e. The first-order chi connectivity index (χ1) is 10.4. The highest BCUT2D eigenvalue weighted by Crippen LogP contribution is 2.31. The van der Waals surface area contributed by atoms with Crippen LogP contribution in [0.3, 0.4) is 0 Å². The zero-order chi connectivity index (χ0) is 16.3. The van der Waals surface area contributed by atoms with E-state index in [0.717, 1.165) is 0 Å². The van der Waals surface area contributed by atoms with Crippen LogP contribution < -0.4 is 5.32 Å². The molecule has 0 aliphatic rings. The molecule has 2 aromatic rings. The molecule has 1 amide bonds. The average Bonchev–Trinajstić information content (AvgIpc) is 2.47. The third-order valence-corrected chi connectivity index (χ3v) is 5.43. The molecule has 116 valence electrons. The number of benzene rings is 2. The summed E-state index contributed by atoms with van der Waals surface area (Å²) >= 11 is 7.64. The number of rotatable bonds is 4. The number of hydrogen-bond acceptors (Lipinski definition) is 2. The van der Waals surface area contributed by atoms with Gasteiger partial charge in [-0.3, -0.25) is 4.79 Å². The van der Waals surface area contributed by atoms with Crippen molar-refractivity contribution in [2.24, 2.45) is 0 Å². The minimum Gasteiger partial charge on any atom is -0.324 e. The zero-order valence-electron chi connectivity index (χ0n) is 13.3. The number of para-hydroxylation sites is 1. The van der Waals surface area contributed by atoms with Crippen molar-refractivity contribution >= 4 is 35.0 Å². The molecule has 0 aliphatic carbocycles. The van der Waals surface area contributed by atoms with Crippen LogP contribution in [-0.4, -0.2) is 11.7 Å². The van der Waals surface area contributed by atoms with Crippen molar-refractivity contribution in [1.29, 1.82) is 0 Å². The van der Waals surface area contributed by atoms with Gasteiger partial charge in [0, 0.05) is 4.90 Å². The Hall–Kier alpha value is -1.45. The normalized spacial score (nSPS) is 10.6. The summed E-state index contributed by atoms with van der Waals surface area (Å²) in [5.41, 5.74) is 5.68. The van der Waals surface area contributed by atoms with Gasteiger partial charge in [0.15, 0.2) is 0 Å². The maximum Gasteiger partial charge on any atom is 0.234 e.